The zero-order valence-electron chi connectivity index (χ0n) is 15.9. The van der Waals surface area contributed by atoms with Crippen molar-refractivity contribution in [1.82, 2.24) is 9.97 Å². The molecule has 1 aromatic carbocycles. The number of carbonyl (C=O) groups is 1. The predicted molar refractivity (Wildman–Crippen MR) is 101 cm³/mol. The molecule has 0 spiro atoms. The quantitative estimate of drug-likeness (QED) is 0.408. The number of ether oxygens (including phenoxy) is 1. The molecule has 0 saturated heterocycles. The summed E-state index contributed by atoms with van der Waals surface area (Å²) < 4.78 is 11.5. The van der Waals surface area contributed by atoms with Crippen LogP contribution in [0.25, 0.3) is 11.5 Å². The zero-order valence-corrected chi connectivity index (χ0v) is 15.9. The summed E-state index contributed by atoms with van der Waals surface area (Å²) in [7, 11) is 0. The van der Waals surface area contributed by atoms with Gasteiger partial charge in [-0.25, -0.2) is 9.78 Å². The minimum Gasteiger partial charge on any atom is -0.487 e. The molecule has 3 rings (SSSR count). The third kappa shape index (κ3) is 5.40. The smallest absolute Gasteiger partial charge is 0.342 e. The number of oxazole rings is 1. The molecule has 7 heteroatoms. The van der Waals surface area contributed by atoms with Crippen molar-refractivity contribution in [3.63, 3.8) is 0 Å². The molecule has 0 amide bonds. The Morgan fingerprint density at radius 2 is 1.86 bits per heavy atom. The topological polar surface area (TPSA) is 83.7 Å². The molecule has 0 fully saturated rings. The van der Waals surface area contributed by atoms with Gasteiger partial charge in [-0.2, -0.15) is 4.89 Å². The number of carbonyl (C=O) groups excluding carboxylic acids is 1. The Kier molecular flexibility index (Phi) is 6.75. The third-order valence-corrected chi connectivity index (χ3v) is 4.01. The molecule has 0 bridgehead atoms. The molecule has 3 aromatic rings. The first-order valence-electron chi connectivity index (χ1n) is 9.06. The first kappa shape index (κ1) is 19.6. The number of aryl methyl sites for hydroxylation is 2. The van der Waals surface area contributed by atoms with E-state index in [9.17, 15) is 4.79 Å². The molecule has 28 heavy (non-hydrogen) atoms. The van der Waals surface area contributed by atoms with Crippen LogP contribution in [0.3, 0.4) is 0 Å². The number of aromatic nitrogens is 2. The first-order chi connectivity index (χ1) is 13.7. The van der Waals surface area contributed by atoms with E-state index in [1.807, 2.05) is 43.3 Å². The Bertz CT molecular complexity index is 891. The third-order valence-electron chi connectivity index (χ3n) is 4.01. The summed E-state index contributed by atoms with van der Waals surface area (Å²) in [6.45, 7) is 4.26. The lowest BCUT2D eigenvalue weighted by molar-refractivity contribution is -0.269. The molecule has 7 nitrogen and oxygen atoms in total. The summed E-state index contributed by atoms with van der Waals surface area (Å²) >= 11 is 0. The van der Waals surface area contributed by atoms with Crippen molar-refractivity contribution in [2.45, 2.75) is 33.3 Å². The van der Waals surface area contributed by atoms with Gasteiger partial charge in [-0.3, -0.25) is 9.87 Å². The molecule has 2 aromatic heterocycles. The highest BCUT2D eigenvalue weighted by molar-refractivity contribution is 5.69. The number of benzene rings is 1. The van der Waals surface area contributed by atoms with Crippen molar-refractivity contribution >= 4 is 5.97 Å². The molecule has 0 unspecified atom stereocenters. The fourth-order valence-electron chi connectivity index (χ4n) is 2.50. The van der Waals surface area contributed by atoms with Crippen LogP contribution in [0.4, 0.5) is 0 Å². The van der Waals surface area contributed by atoms with E-state index in [1.165, 1.54) is 0 Å². The van der Waals surface area contributed by atoms with E-state index in [1.54, 1.807) is 19.3 Å². The van der Waals surface area contributed by atoms with Crippen molar-refractivity contribution in [1.29, 1.82) is 0 Å². The maximum absolute atomic E-state index is 11.4. The average Bonchev–Trinajstić information content (AvgIpc) is 3.11. The number of hydrogen-bond donors (Lipinski definition) is 0. The Labute approximate surface area is 163 Å². The van der Waals surface area contributed by atoms with Crippen LogP contribution >= 0.6 is 0 Å². The van der Waals surface area contributed by atoms with E-state index in [-0.39, 0.29) is 12.4 Å². The van der Waals surface area contributed by atoms with Crippen LogP contribution in [-0.2, 0) is 27.6 Å². The largest absolute Gasteiger partial charge is 0.487 e. The molecule has 0 atom stereocenters. The Hall–Kier alpha value is -3.19. The summed E-state index contributed by atoms with van der Waals surface area (Å²) in [5.74, 6) is 1.60. The summed E-state index contributed by atoms with van der Waals surface area (Å²) in [6.07, 6.45) is 4.23. The predicted octanol–water partition coefficient (Wildman–Crippen LogP) is 4.05. The summed E-state index contributed by atoms with van der Waals surface area (Å²) in [6, 6.07) is 11.3. The molecule has 0 aliphatic carbocycles. The summed E-state index contributed by atoms with van der Waals surface area (Å²) in [5.41, 5.74) is 2.63. The maximum Gasteiger partial charge on any atom is 0.342 e. The monoisotopic (exact) mass is 382 g/mol. The lowest BCUT2D eigenvalue weighted by atomic mass is 10.1. The molecule has 0 saturated carbocycles. The molecule has 2 heterocycles. The van der Waals surface area contributed by atoms with Gasteiger partial charge in [-0.1, -0.05) is 12.1 Å². The van der Waals surface area contributed by atoms with Crippen LogP contribution in [0.1, 0.15) is 30.4 Å². The van der Waals surface area contributed by atoms with Crippen molar-refractivity contribution in [3.8, 4) is 17.2 Å². The number of pyridine rings is 1. The molecule has 146 valence electrons. The van der Waals surface area contributed by atoms with E-state index in [2.05, 4.69) is 19.7 Å². The van der Waals surface area contributed by atoms with Gasteiger partial charge >= 0.3 is 5.97 Å². The molecule has 0 radical (unpaired) electrons. The van der Waals surface area contributed by atoms with Gasteiger partial charge in [-0.15, -0.1) is 0 Å². The second-order valence-corrected chi connectivity index (χ2v) is 6.05. The molecule has 0 aliphatic heterocycles. The number of hydrogen-bond acceptors (Lipinski definition) is 7. The second-order valence-electron chi connectivity index (χ2n) is 6.05. The Morgan fingerprint density at radius 3 is 2.57 bits per heavy atom. The fourth-order valence-corrected chi connectivity index (χ4v) is 2.50. The van der Waals surface area contributed by atoms with E-state index < -0.39 is 0 Å². The molecule has 0 N–H and O–H groups in total. The van der Waals surface area contributed by atoms with E-state index in [0.717, 1.165) is 22.6 Å². The van der Waals surface area contributed by atoms with Crippen LogP contribution in [0.15, 0.2) is 53.2 Å². The maximum atomic E-state index is 11.4. The van der Waals surface area contributed by atoms with Crippen molar-refractivity contribution < 1.29 is 23.7 Å². The van der Waals surface area contributed by atoms with Crippen LogP contribution in [0, 0.1) is 6.92 Å². The van der Waals surface area contributed by atoms with E-state index >= 15 is 0 Å². The minimum atomic E-state index is -0.381. The average molecular weight is 382 g/mol. The van der Waals surface area contributed by atoms with Crippen molar-refractivity contribution in [2.24, 2.45) is 0 Å². The first-order valence-corrected chi connectivity index (χ1v) is 9.06. The number of nitrogens with zero attached hydrogens (tertiary/aromatic N) is 2. The van der Waals surface area contributed by atoms with E-state index in [0.29, 0.717) is 31.3 Å². The second kappa shape index (κ2) is 9.66. The van der Waals surface area contributed by atoms with Gasteiger partial charge < -0.3 is 9.15 Å². The van der Waals surface area contributed by atoms with Crippen LogP contribution < -0.4 is 4.74 Å². The van der Waals surface area contributed by atoms with Gasteiger partial charge in [0.25, 0.3) is 0 Å². The lowest BCUT2D eigenvalue weighted by Crippen LogP contribution is -2.06. The van der Waals surface area contributed by atoms with Crippen LogP contribution in [0.2, 0.25) is 0 Å². The minimum absolute atomic E-state index is 0.260. The van der Waals surface area contributed by atoms with Crippen LogP contribution in [-0.4, -0.2) is 22.5 Å². The van der Waals surface area contributed by atoms with E-state index in [4.69, 9.17) is 9.15 Å². The molecular formula is C21H22N2O5. The van der Waals surface area contributed by atoms with Crippen molar-refractivity contribution in [3.05, 3.63) is 65.8 Å². The fraction of sp³-hybridized carbons (Fsp3) is 0.286. The van der Waals surface area contributed by atoms with Gasteiger partial charge in [0, 0.05) is 18.0 Å². The normalized spacial score (nSPS) is 10.6. The highest BCUT2D eigenvalue weighted by Crippen LogP contribution is 2.22. The highest BCUT2D eigenvalue weighted by Gasteiger charge is 2.12. The SMILES string of the molecule is CCOOC(=O)CCc1ccc(OCc2nc(-c3ccncc3)oc2C)cc1. The van der Waals surface area contributed by atoms with Gasteiger partial charge in [0.2, 0.25) is 5.89 Å². The Balaban J connectivity index is 1.52. The number of rotatable bonds is 9. The molecular weight excluding hydrogens is 360 g/mol. The Morgan fingerprint density at radius 1 is 1.11 bits per heavy atom. The lowest BCUT2D eigenvalue weighted by Gasteiger charge is -2.06. The summed E-state index contributed by atoms with van der Waals surface area (Å²) in [4.78, 5) is 29.2. The standard InChI is InChI=1S/C21H22N2O5/c1-3-26-28-20(24)9-6-16-4-7-18(8-5-16)25-14-19-15(2)27-21(23-19)17-10-12-22-13-11-17/h4-5,7-8,10-13H,3,6,9,14H2,1-2H3. The molecule has 0 aliphatic rings. The highest BCUT2D eigenvalue weighted by atomic mass is 17.2. The van der Waals surface area contributed by atoms with Gasteiger partial charge in [0.05, 0.1) is 13.0 Å². The van der Waals surface area contributed by atoms with Gasteiger partial charge in [-0.05, 0) is 50.1 Å². The van der Waals surface area contributed by atoms with Gasteiger partial charge in [0.1, 0.15) is 23.8 Å². The van der Waals surface area contributed by atoms with Crippen LogP contribution in [0.5, 0.6) is 5.75 Å². The van der Waals surface area contributed by atoms with Crippen molar-refractivity contribution in [2.75, 3.05) is 6.61 Å². The van der Waals surface area contributed by atoms with Gasteiger partial charge in [0.15, 0.2) is 0 Å². The zero-order chi connectivity index (χ0) is 19.8. The summed E-state index contributed by atoms with van der Waals surface area (Å²) in [5, 5.41) is 0.